The molecule has 0 unspecified atom stereocenters. The van der Waals surface area contributed by atoms with E-state index in [4.69, 9.17) is 9.72 Å². The number of nitrogens with zero attached hydrogens (tertiary/aromatic N) is 3. The number of hydrogen-bond donors (Lipinski definition) is 0. The molecule has 0 saturated heterocycles. The van der Waals surface area contributed by atoms with Crippen molar-refractivity contribution in [1.29, 1.82) is 5.26 Å². The van der Waals surface area contributed by atoms with Gasteiger partial charge in [-0.1, -0.05) is 60.7 Å². The van der Waals surface area contributed by atoms with Crippen LogP contribution in [0.5, 0.6) is 0 Å². The minimum absolute atomic E-state index is 0.0295. The summed E-state index contributed by atoms with van der Waals surface area (Å²) < 4.78 is 7.14. The molecule has 2 heterocycles. The summed E-state index contributed by atoms with van der Waals surface area (Å²) in [5.41, 5.74) is 6.11. The third-order valence-corrected chi connectivity index (χ3v) is 5.92. The van der Waals surface area contributed by atoms with Gasteiger partial charge in [-0.05, 0) is 49.6 Å². The number of nitriles is 1. The van der Waals surface area contributed by atoms with Gasteiger partial charge in [-0.15, -0.1) is 0 Å². The van der Waals surface area contributed by atoms with Gasteiger partial charge >= 0.3 is 5.97 Å². The standard InChI is InChI=1S/C29H27N3O2/c1-4-34-27(33)16-15-26-24(18-30)28-20(2)17-21(3)31-29(28)32(26)19-25(22-11-7-5-8-12-22)23-13-9-6-10-14-23/h5-17,25H,4,19H2,1-3H3/b16-15+. The van der Waals surface area contributed by atoms with Gasteiger partial charge in [-0.2, -0.15) is 5.26 Å². The number of hydrogen-bond acceptors (Lipinski definition) is 4. The van der Waals surface area contributed by atoms with Crippen LogP contribution in [0.2, 0.25) is 0 Å². The Bertz CT molecular complexity index is 1340. The molecule has 0 saturated carbocycles. The fourth-order valence-corrected chi connectivity index (χ4v) is 4.46. The number of carbonyl (C=O) groups excluding carboxylic acids is 1. The second-order valence-corrected chi connectivity index (χ2v) is 8.22. The predicted molar refractivity (Wildman–Crippen MR) is 134 cm³/mol. The first-order valence-corrected chi connectivity index (χ1v) is 11.4. The van der Waals surface area contributed by atoms with E-state index in [0.717, 1.165) is 22.3 Å². The minimum atomic E-state index is -0.438. The Balaban J connectivity index is 1.95. The van der Waals surface area contributed by atoms with E-state index >= 15 is 0 Å². The van der Waals surface area contributed by atoms with Gasteiger partial charge < -0.3 is 9.30 Å². The van der Waals surface area contributed by atoms with Crippen molar-refractivity contribution in [3.8, 4) is 6.07 Å². The predicted octanol–water partition coefficient (Wildman–Crippen LogP) is 5.93. The molecule has 34 heavy (non-hydrogen) atoms. The zero-order valence-corrected chi connectivity index (χ0v) is 19.7. The normalized spacial score (nSPS) is 11.3. The molecule has 5 heteroatoms. The van der Waals surface area contributed by atoms with E-state index in [-0.39, 0.29) is 5.92 Å². The van der Waals surface area contributed by atoms with Crippen molar-refractivity contribution in [2.24, 2.45) is 0 Å². The highest BCUT2D eigenvalue weighted by molar-refractivity contribution is 5.94. The van der Waals surface area contributed by atoms with Crippen molar-refractivity contribution in [1.82, 2.24) is 9.55 Å². The first kappa shape index (κ1) is 23.0. The Morgan fingerprint density at radius 3 is 2.26 bits per heavy atom. The highest BCUT2D eigenvalue weighted by Gasteiger charge is 2.23. The molecule has 5 nitrogen and oxygen atoms in total. The maximum absolute atomic E-state index is 12.1. The third kappa shape index (κ3) is 4.62. The first-order valence-electron chi connectivity index (χ1n) is 11.4. The monoisotopic (exact) mass is 449 g/mol. The van der Waals surface area contributed by atoms with Crippen LogP contribution in [-0.4, -0.2) is 22.1 Å². The Kier molecular flexibility index (Phi) is 6.89. The van der Waals surface area contributed by atoms with E-state index in [1.54, 1.807) is 13.0 Å². The SMILES string of the molecule is CCOC(=O)/C=C/c1c(C#N)c2c(C)cc(C)nc2n1CC(c1ccccc1)c1ccccc1. The van der Waals surface area contributed by atoms with E-state index in [1.807, 2.05) is 56.3 Å². The van der Waals surface area contributed by atoms with Crippen LogP contribution < -0.4 is 0 Å². The van der Waals surface area contributed by atoms with Gasteiger partial charge in [-0.3, -0.25) is 0 Å². The van der Waals surface area contributed by atoms with Crippen LogP contribution in [0, 0.1) is 25.2 Å². The second-order valence-electron chi connectivity index (χ2n) is 8.22. The van der Waals surface area contributed by atoms with E-state index in [9.17, 15) is 10.1 Å². The molecular formula is C29H27N3O2. The Labute approximate surface area is 199 Å². The van der Waals surface area contributed by atoms with Crippen molar-refractivity contribution in [2.45, 2.75) is 33.2 Å². The number of fused-ring (bicyclic) bond motifs is 1. The van der Waals surface area contributed by atoms with Crippen molar-refractivity contribution in [3.63, 3.8) is 0 Å². The molecule has 0 radical (unpaired) electrons. The largest absolute Gasteiger partial charge is 0.463 e. The van der Waals surface area contributed by atoms with Crippen molar-refractivity contribution >= 4 is 23.1 Å². The van der Waals surface area contributed by atoms with Crippen LogP contribution >= 0.6 is 0 Å². The molecule has 0 fully saturated rings. The molecule has 170 valence electrons. The summed E-state index contributed by atoms with van der Waals surface area (Å²) in [6.07, 6.45) is 3.07. The molecule has 0 aliphatic heterocycles. The van der Waals surface area contributed by atoms with Crippen LogP contribution in [0.3, 0.4) is 0 Å². The molecule has 0 aliphatic rings. The Morgan fingerprint density at radius 2 is 1.71 bits per heavy atom. The quantitative estimate of drug-likeness (QED) is 0.259. The number of carbonyl (C=O) groups is 1. The molecule has 0 atom stereocenters. The maximum Gasteiger partial charge on any atom is 0.330 e. The molecule has 0 N–H and O–H groups in total. The van der Waals surface area contributed by atoms with Crippen LogP contribution in [-0.2, 0) is 16.1 Å². The number of pyridine rings is 1. The Hall–Kier alpha value is -4.17. The summed E-state index contributed by atoms with van der Waals surface area (Å²) in [6, 6.07) is 25.0. The summed E-state index contributed by atoms with van der Waals surface area (Å²) in [4.78, 5) is 16.9. The lowest BCUT2D eigenvalue weighted by atomic mass is 9.91. The van der Waals surface area contributed by atoms with E-state index < -0.39 is 5.97 Å². The van der Waals surface area contributed by atoms with E-state index in [2.05, 4.69) is 34.9 Å². The molecule has 4 aromatic rings. The zero-order valence-electron chi connectivity index (χ0n) is 19.7. The molecule has 0 aliphatic carbocycles. The van der Waals surface area contributed by atoms with Crippen LogP contribution in [0.15, 0.2) is 72.8 Å². The molecule has 2 aromatic carbocycles. The van der Waals surface area contributed by atoms with Gasteiger partial charge in [0.15, 0.2) is 0 Å². The number of ether oxygens (including phenoxy) is 1. The molecule has 2 aromatic heterocycles. The summed E-state index contributed by atoms with van der Waals surface area (Å²) in [6.45, 7) is 6.57. The number of aryl methyl sites for hydroxylation is 2. The molecule has 0 spiro atoms. The summed E-state index contributed by atoms with van der Waals surface area (Å²) in [5.74, 6) is -0.409. The smallest absolute Gasteiger partial charge is 0.330 e. The average Bonchev–Trinajstić information content (AvgIpc) is 3.14. The summed E-state index contributed by atoms with van der Waals surface area (Å²) in [5, 5.41) is 10.9. The van der Waals surface area contributed by atoms with Crippen molar-refractivity contribution in [2.75, 3.05) is 6.61 Å². The van der Waals surface area contributed by atoms with E-state index in [0.29, 0.717) is 24.4 Å². The molecular weight excluding hydrogens is 422 g/mol. The Morgan fingerprint density at radius 1 is 1.09 bits per heavy atom. The third-order valence-electron chi connectivity index (χ3n) is 5.92. The number of esters is 1. The lowest BCUT2D eigenvalue weighted by Crippen LogP contribution is -2.13. The minimum Gasteiger partial charge on any atom is -0.463 e. The van der Waals surface area contributed by atoms with E-state index in [1.165, 1.54) is 17.2 Å². The van der Waals surface area contributed by atoms with Crippen LogP contribution in [0.1, 0.15) is 46.5 Å². The van der Waals surface area contributed by atoms with Crippen LogP contribution in [0.4, 0.5) is 0 Å². The van der Waals surface area contributed by atoms with Crippen molar-refractivity contribution in [3.05, 3.63) is 106 Å². The highest BCUT2D eigenvalue weighted by Crippen LogP contribution is 2.33. The lowest BCUT2D eigenvalue weighted by molar-refractivity contribution is -0.137. The second kappa shape index (κ2) is 10.2. The highest BCUT2D eigenvalue weighted by atomic mass is 16.5. The number of aromatic nitrogens is 2. The summed E-state index contributed by atoms with van der Waals surface area (Å²) in [7, 11) is 0. The topological polar surface area (TPSA) is 67.9 Å². The molecule has 0 amide bonds. The number of benzene rings is 2. The molecule has 4 rings (SSSR count). The van der Waals surface area contributed by atoms with Gasteiger partial charge in [0.2, 0.25) is 0 Å². The molecule has 0 bridgehead atoms. The van der Waals surface area contributed by atoms with Gasteiger partial charge in [-0.25, -0.2) is 9.78 Å². The maximum atomic E-state index is 12.1. The van der Waals surface area contributed by atoms with Gasteiger partial charge in [0.25, 0.3) is 0 Å². The summed E-state index contributed by atoms with van der Waals surface area (Å²) >= 11 is 0. The number of rotatable bonds is 7. The average molecular weight is 450 g/mol. The fourth-order valence-electron chi connectivity index (χ4n) is 4.46. The van der Waals surface area contributed by atoms with Crippen molar-refractivity contribution < 1.29 is 9.53 Å². The first-order chi connectivity index (χ1) is 16.5. The van der Waals surface area contributed by atoms with Gasteiger partial charge in [0.1, 0.15) is 11.7 Å². The van der Waals surface area contributed by atoms with Crippen LogP contribution in [0.25, 0.3) is 17.1 Å². The lowest BCUT2D eigenvalue weighted by Gasteiger charge is -2.21. The zero-order chi connectivity index (χ0) is 24.1. The van der Waals surface area contributed by atoms with Gasteiger partial charge in [0.05, 0.1) is 17.9 Å². The fraction of sp³-hybridized carbons (Fsp3) is 0.207. The van der Waals surface area contributed by atoms with Gasteiger partial charge in [0, 0.05) is 29.6 Å².